The predicted octanol–water partition coefficient (Wildman–Crippen LogP) is 2.76. The minimum Gasteiger partial charge on any atom is -0.496 e. The van der Waals surface area contributed by atoms with Crippen LogP contribution in [0, 0.1) is 0 Å². The van der Waals surface area contributed by atoms with Crippen LogP contribution in [0.1, 0.15) is 37.3 Å². The van der Waals surface area contributed by atoms with Crippen molar-refractivity contribution in [2.24, 2.45) is 5.73 Å². The van der Waals surface area contributed by atoms with Crippen LogP contribution in [0.2, 0.25) is 5.02 Å². The van der Waals surface area contributed by atoms with Gasteiger partial charge in [-0.2, -0.15) is 5.10 Å². The monoisotopic (exact) mass is 294 g/mol. The summed E-state index contributed by atoms with van der Waals surface area (Å²) in [6, 6.07) is 5.51. The molecule has 6 heteroatoms. The number of benzene rings is 1. The Bertz CT molecular complexity index is 582. The second kappa shape index (κ2) is 6.24. The largest absolute Gasteiger partial charge is 0.496 e. The molecule has 0 saturated carbocycles. The number of nitrogens with zero attached hydrogens (tertiary/aromatic N) is 3. The van der Waals surface area contributed by atoms with Gasteiger partial charge < -0.3 is 10.5 Å². The maximum Gasteiger partial charge on any atom is 0.138 e. The van der Waals surface area contributed by atoms with E-state index in [0.717, 1.165) is 11.4 Å². The highest BCUT2D eigenvalue weighted by Gasteiger charge is 2.17. The van der Waals surface area contributed by atoms with Crippen molar-refractivity contribution < 1.29 is 4.74 Å². The van der Waals surface area contributed by atoms with Crippen molar-refractivity contribution in [2.45, 2.75) is 32.4 Å². The van der Waals surface area contributed by atoms with Gasteiger partial charge in [0.05, 0.1) is 7.11 Å². The molecule has 0 amide bonds. The summed E-state index contributed by atoms with van der Waals surface area (Å²) < 4.78 is 7.21. The van der Waals surface area contributed by atoms with Crippen molar-refractivity contribution in [1.29, 1.82) is 0 Å². The SMILES string of the molecule is COc1cc(Cl)ccc1C(N)Cc1ncnn1C(C)C. The number of rotatable bonds is 5. The first kappa shape index (κ1) is 14.8. The molecule has 2 aromatic rings. The summed E-state index contributed by atoms with van der Waals surface area (Å²) in [4.78, 5) is 4.28. The fourth-order valence-corrected chi connectivity index (χ4v) is 2.31. The Morgan fingerprint density at radius 2 is 2.15 bits per heavy atom. The Morgan fingerprint density at radius 3 is 2.80 bits per heavy atom. The molecule has 0 aliphatic carbocycles. The Balaban J connectivity index is 2.24. The number of ether oxygens (including phenoxy) is 1. The minimum absolute atomic E-state index is 0.219. The van der Waals surface area contributed by atoms with E-state index < -0.39 is 0 Å². The zero-order valence-electron chi connectivity index (χ0n) is 11.9. The number of hydrogen-bond acceptors (Lipinski definition) is 4. The van der Waals surface area contributed by atoms with Gasteiger partial charge in [0, 0.05) is 29.1 Å². The number of nitrogens with two attached hydrogens (primary N) is 1. The van der Waals surface area contributed by atoms with E-state index in [1.807, 2.05) is 16.8 Å². The normalized spacial score (nSPS) is 12.7. The molecule has 2 N–H and O–H groups in total. The third-order valence-electron chi connectivity index (χ3n) is 3.13. The second-order valence-electron chi connectivity index (χ2n) is 4.91. The molecule has 1 aromatic heterocycles. The fourth-order valence-electron chi connectivity index (χ4n) is 2.15. The maximum atomic E-state index is 6.28. The Kier molecular flexibility index (Phi) is 4.62. The van der Waals surface area contributed by atoms with Crippen molar-refractivity contribution in [3.8, 4) is 5.75 Å². The second-order valence-corrected chi connectivity index (χ2v) is 5.35. The lowest BCUT2D eigenvalue weighted by molar-refractivity contribution is 0.404. The smallest absolute Gasteiger partial charge is 0.138 e. The van der Waals surface area contributed by atoms with E-state index in [1.54, 1.807) is 19.5 Å². The van der Waals surface area contributed by atoms with E-state index >= 15 is 0 Å². The van der Waals surface area contributed by atoms with Crippen LogP contribution in [-0.4, -0.2) is 21.9 Å². The molecule has 0 aliphatic rings. The van der Waals surface area contributed by atoms with Gasteiger partial charge in [-0.3, -0.25) is 0 Å². The fraction of sp³-hybridized carbons (Fsp3) is 0.429. The molecule has 0 spiro atoms. The molecule has 20 heavy (non-hydrogen) atoms. The topological polar surface area (TPSA) is 66.0 Å². The predicted molar refractivity (Wildman–Crippen MR) is 79.0 cm³/mol. The van der Waals surface area contributed by atoms with Crippen molar-refractivity contribution in [2.75, 3.05) is 7.11 Å². The quantitative estimate of drug-likeness (QED) is 0.921. The molecule has 1 unspecified atom stereocenters. The first-order valence-corrected chi connectivity index (χ1v) is 6.88. The van der Waals surface area contributed by atoms with Crippen LogP contribution in [0.3, 0.4) is 0 Å². The lowest BCUT2D eigenvalue weighted by Gasteiger charge is -2.17. The van der Waals surface area contributed by atoms with Gasteiger partial charge in [-0.25, -0.2) is 9.67 Å². The van der Waals surface area contributed by atoms with Gasteiger partial charge in [0.25, 0.3) is 0 Å². The third kappa shape index (κ3) is 3.11. The summed E-state index contributed by atoms with van der Waals surface area (Å²) in [6.45, 7) is 4.12. The first-order valence-electron chi connectivity index (χ1n) is 6.50. The lowest BCUT2D eigenvalue weighted by Crippen LogP contribution is -2.18. The van der Waals surface area contributed by atoms with Crippen molar-refractivity contribution in [3.05, 3.63) is 40.9 Å². The average molecular weight is 295 g/mol. The minimum atomic E-state index is -0.219. The Hall–Kier alpha value is -1.59. The van der Waals surface area contributed by atoms with Crippen molar-refractivity contribution in [3.63, 3.8) is 0 Å². The van der Waals surface area contributed by atoms with E-state index in [0.29, 0.717) is 17.2 Å². The van der Waals surface area contributed by atoms with Crippen LogP contribution >= 0.6 is 11.6 Å². The van der Waals surface area contributed by atoms with Gasteiger partial charge >= 0.3 is 0 Å². The zero-order valence-corrected chi connectivity index (χ0v) is 12.6. The lowest BCUT2D eigenvalue weighted by atomic mass is 10.0. The van der Waals surface area contributed by atoms with E-state index in [9.17, 15) is 0 Å². The van der Waals surface area contributed by atoms with Crippen LogP contribution < -0.4 is 10.5 Å². The summed E-state index contributed by atoms with van der Waals surface area (Å²) in [7, 11) is 1.61. The molecule has 0 fully saturated rings. The van der Waals surface area contributed by atoms with Crippen molar-refractivity contribution >= 4 is 11.6 Å². The van der Waals surface area contributed by atoms with E-state index in [-0.39, 0.29) is 12.1 Å². The summed E-state index contributed by atoms with van der Waals surface area (Å²) in [5.41, 5.74) is 7.19. The molecule has 5 nitrogen and oxygen atoms in total. The number of hydrogen-bond donors (Lipinski definition) is 1. The van der Waals surface area contributed by atoms with E-state index in [2.05, 4.69) is 23.9 Å². The molecule has 1 aromatic carbocycles. The molecule has 0 saturated heterocycles. The summed E-state index contributed by atoms with van der Waals surface area (Å²) in [5.74, 6) is 1.56. The van der Waals surface area contributed by atoms with Crippen LogP contribution in [0.4, 0.5) is 0 Å². The van der Waals surface area contributed by atoms with Gasteiger partial charge in [-0.15, -0.1) is 0 Å². The molecular weight excluding hydrogens is 276 g/mol. The van der Waals surface area contributed by atoms with E-state index in [1.165, 1.54) is 0 Å². The molecule has 2 rings (SSSR count). The maximum absolute atomic E-state index is 6.28. The highest BCUT2D eigenvalue weighted by atomic mass is 35.5. The van der Waals surface area contributed by atoms with Gasteiger partial charge in [0.1, 0.15) is 17.9 Å². The molecule has 0 bridgehead atoms. The number of aromatic nitrogens is 3. The Labute approximate surface area is 123 Å². The van der Waals surface area contributed by atoms with Gasteiger partial charge in [0.15, 0.2) is 0 Å². The Morgan fingerprint density at radius 1 is 1.40 bits per heavy atom. The summed E-state index contributed by atoms with van der Waals surface area (Å²) >= 11 is 5.96. The van der Waals surface area contributed by atoms with Crippen LogP contribution in [0.25, 0.3) is 0 Å². The van der Waals surface area contributed by atoms with Gasteiger partial charge in [-0.1, -0.05) is 17.7 Å². The number of methoxy groups -OCH3 is 1. The molecule has 108 valence electrons. The molecule has 0 aliphatic heterocycles. The highest BCUT2D eigenvalue weighted by Crippen LogP contribution is 2.28. The van der Waals surface area contributed by atoms with Crippen LogP contribution in [-0.2, 0) is 6.42 Å². The van der Waals surface area contributed by atoms with Crippen LogP contribution in [0.15, 0.2) is 24.5 Å². The third-order valence-corrected chi connectivity index (χ3v) is 3.37. The average Bonchev–Trinajstić information content (AvgIpc) is 2.86. The molecule has 1 atom stereocenters. The number of halogens is 1. The summed E-state index contributed by atoms with van der Waals surface area (Å²) in [5, 5.41) is 4.84. The molecule has 0 radical (unpaired) electrons. The molecular formula is C14H19ClN4O. The van der Waals surface area contributed by atoms with E-state index in [4.69, 9.17) is 22.1 Å². The summed E-state index contributed by atoms with van der Waals surface area (Å²) in [6.07, 6.45) is 2.15. The molecule has 1 heterocycles. The van der Waals surface area contributed by atoms with Crippen LogP contribution in [0.5, 0.6) is 5.75 Å². The standard InChI is InChI=1S/C14H19ClN4O/c1-9(2)19-14(17-8-18-19)7-12(16)11-5-4-10(15)6-13(11)20-3/h4-6,8-9,12H,7,16H2,1-3H3. The van der Waals surface area contributed by atoms with Crippen molar-refractivity contribution in [1.82, 2.24) is 14.8 Å². The first-order chi connectivity index (χ1) is 9.52. The van der Waals surface area contributed by atoms with Gasteiger partial charge in [0.2, 0.25) is 0 Å². The highest BCUT2D eigenvalue weighted by molar-refractivity contribution is 6.30. The van der Waals surface area contributed by atoms with Gasteiger partial charge in [-0.05, 0) is 26.0 Å². The zero-order chi connectivity index (χ0) is 14.7.